The molecule has 0 aromatic heterocycles. The Kier molecular flexibility index (Phi) is 3.58. The van der Waals surface area contributed by atoms with E-state index in [1.165, 1.54) is 18.2 Å². The highest BCUT2D eigenvalue weighted by atomic mass is 32.2. The van der Waals surface area contributed by atoms with Crippen LogP contribution in [0.25, 0.3) is 0 Å². The number of nitrogens with zero attached hydrogens (tertiary/aromatic N) is 1. The Labute approximate surface area is 92.2 Å². The summed E-state index contributed by atoms with van der Waals surface area (Å²) in [5.41, 5.74) is 0.900. The van der Waals surface area contributed by atoms with Gasteiger partial charge in [-0.25, -0.2) is 5.14 Å². The molecule has 7 nitrogen and oxygen atoms in total. The minimum absolute atomic E-state index is 0.0284. The summed E-state index contributed by atoms with van der Waals surface area (Å²) < 4.78 is 25.4. The van der Waals surface area contributed by atoms with Crippen molar-refractivity contribution in [3.05, 3.63) is 39.4 Å². The lowest BCUT2D eigenvalue weighted by atomic mass is 10.1. The maximum Gasteiger partial charge on any atom is 0.333 e. The lowest BCUT2D eigenvalue weighted by molar-refractivity contribution is -0.385. The van der Waals surface area contributed by atoms with Crippen LogP contribution in [0.1, 0.15) is 11.1 Å². The van der Waals surface area contributed by atoms with E-state index >= 15 is 0 Å². The number of hydrogen-bond acceptors (Lipinski definition) is 5. The van der Waals surface area contributed by atoms with Gasteiger partial charge < -0.3 is 0 Å². The van der Waals surface area contributed by atoms with Crippen LogP contribution < -0.4 is 5.14 Å². The second-order valence-corrected chi connectivity index (χ2v) is 4.35. The van der Waals surface area contributed by atoms with Crippen molar-refractivity contribution in [2.45, 2.75) is 13.5 Å². The van der Waals surface area contributed by atoms with Crippen molar-refractivity contribution >= 4 is 16.0 Å². The zero-order chi connectivity index (χ0) is 12.3. The minimum Gasteiger partial charge on any atom is -0.258 e. The Hall–Kier alpha value is -1.51. The molecule has 2 N–H and O–H groups in total. The van der Waals surface area contributed by atoms with Gasteiger partial charge in [0.15, 0.2) is 0 Å². The van der Waals surface area contributed by atoms with Crippen LogP contribution in [0, 0.1) is 17.0 Å². The summed E-state index contributed by atoms with van der Waals surface area (Å²) in [6, 6.07) is 4.18. The molecular weight excluding hydrogens is 236 g/mol. The van der Waals surface area contributed by atoms with E-state index < -0.39 is 15.2 Å². The molecular formula is C8H10N2O5S. The lowest BCUT2D eigenvalue weighted by Crippen LogP contribution is -2.15. The molecule has 0 aliphatic heterocycles. The molecule has 0 saturated heterocycles. The number of hydrogen-bond donors (Lipinski definition) is 1. The molecule has 8 heteroatoms. The van der Waals surface area contributed by atoms with E-state index in [0.29, 0.717) is 11.1 Å². The third-order valence-corrected chi connectivity index (χ3v) is 2.29. The fourth-order valence-corrected chi connectivity index (χ4v) is 1.46. The highest BCUT2D eigenvalue weighted by Gasteiger charge is 2.11. The fourth-order valence-electron chi connectivity index (χ4n) is 1.16. The summed E-state index contributed by atoms with van der Waals surface area (Å²) in [6.45, 7) is 1.32. The molecule has 0 aliphatic carbocycles. The smallest absolute Gasteiger partial charge is 0.258 e. The van der Waals surface area contributed by atoms with Crippen molar-refractivity contribution in [1.82, 2.24) is 0 Å². The van der Waals surface area contributed by atoms with Gasteiger partial charge in [0.1, 0.15) is 0 Å². The van der Waals surface area contributed by atoms with Gasteiger partial charge in [0, 0.05) is 11.6 Å². The summed E-state index contributed by atoms with van der Waals surface area (Å²) in [5, 5.41) is 15.1. The average Bonchev–Trinajstić information content (AvgIpc) is 2.13. The van der Waals surface area contributed by atoms with Crippen molar-refractivity contribution in [2.24, 2.45) is 5.14 Å². The first kappa shape index (κ1) is 12.6. The maximum absolute atomic E-state index is 10.5. The van der Waals surface area contributed by atoms with Gasteiger partial charge in [-0.3, -0.25) is 14.3 Å². The van der Waals surface area contributed by atoms with Crippen molar-refractivity contribution < 1.29 is 17.5 Å². The zero-order valence-corrected chi connectivity index (χ0v) is 9.23. The Morgan fingerprint density at radius 2 is 2.12 bits per heavy atom. The van der Waals surface area contributed by atoms with Crippen molar-refractivity contribution in [1.29, 1.82) is 0 Å². The molecule has 0 fully saturated rings. The van der Waals surface area contributed by atoms with E-state index in [2.05, 4.69) is 9.32 Å². The molecule has 0 atom stereocenters. The molecule has 0 saturated carbocycles. The molecule has 0 bridgehead atoms. The minimum atomic E-state index is -4.00. The molecule has 0 aliphatic rings. The predicted octanol–water partition coefficient (Wildman–Crippen LogP) is 0.623. The summed E-state index contributed by atoms with van der Waals surface area (Å²) in [7, 11) is -4.00. The highest BCUT2D eigenvalue weighted by Crippen LogP contribution is 2.19. The molecule has 0 heterocycles. The quantitative estimate of drug-likeness (QED) is 0.618. The van der Waals surface area contributed by atoms with Gasteiger partial charge >= 0.3 is 10.3 Å². The molecule has 0 unspecified atom stereocenters. The first-order chi connectivity index (χ1) is 7.29. The average molecular weight is 246 g/mol. The fraction of sp³-hybridized carbons (Fsp3) is 0.250. The lowest BCUT2D eigenvalue weighted by Gasteiger charge is -2.03. The molecule has 0 spiro atoms. The number of aryl methyl sites for hydroxylation is 1. The van der Waals surface area contributed by atoms with Gasteiger partial charge in [0.2, 0.25) is 0 Å². The van der Waals surface area contributed by atoms with Gasteiger partial charge in [-0.15, -0.1) is 0 Å². The van der Waals surface area contributed by atoms with Crippen molar-refractivity contribution in [2.75, 3.05) is 0 Å². The molecule has 88 valence electrons. The van der Waals surface area contributed by atoms with Crippen molar-refractivity contribution in [3.8, 4) is 0 Å². The summed E-state index contributed by atoms with van der Waals surface area (Å²) >= 11 is 0. The van der Waals surface area contributed by atoms with Gasteiger partial charge in [-0.05, 0) is 24.6 Å². The molecule has 1 aromatic carbocycles. The molecule has 1 aromatic rings. The maximum atomic E-state index is 10.5. The van der Waals surface area contributed by atoms with E-state index in [0.717, 1.165) is 0 Å². The predicted molar refractivity (Wildman–Crippen MR) is 55.7 cm³/mol. The third kappa shape index (κ3) is 3.57. The van der Waals surface area contributed by atoms with Crippen LogP contribution in [-0.2, 0) is 21.1 Å². The topological polar surface area (TPSA) is 113 Å². The van der Waals surface area contributed by atoms with Crippen LogP contribution in [0.2, 0.25) is 0 Å². The second-order valence-electron chi connectivity index (χ2n) is 3.13. The molecule has 0 amide bonds. The van der Waals surface area contributed by atoms with E-state index in [4.69, 9.17) is 0 Å². The normalized spacial score (nSPS) is 11.4. The van der Waals surface area contributed by atoms with E-state index in [1.807, 2.05) is 0 Å². The monoisotopic (exact) mass is 246 g/mol. The van der Waals surface area contributed by atoms with Gasteiger partial charge in [-0.2, -0.15) is 8.42 Å². The number of benzene rings is 1. The molecule has 0 radical (unpaired) electrons. The Bertz CT molecular complexity index is 511. The summed E-state index contributed by atoms with van der Waals surface area (Å²) in [4.78, 5) is 9.99. The standard InChI is InChI=1S/C8H10N2O5S/c1-6-4-7(5-15-16(9,13)14)2-3-8(6)10(11)12/h2-4H,5H2,1H3,(H2,9,13,14). The molecule has 16 heavy (non-hydrogen) atoms. The number of nitrogens with two attached hydrogens (primary N) is 1. The Morgan fingerprint density at radius 3 is 2.56 bits per heavy atom. The summed E-state index contributed by atoms with van der Waals surface area (Å²) in [5.74, 6) is 0. The van der Waals surface area contributed by atoms with Gasteiger partial charge in [0.05, 0.1) is 11.5 Å². The van der Waals surface area contributed by atoms with Crippen molar-refractivity contribution in [3.63, 3.8) is 0 Å². The zero-order valence-electron chi connectivity index (χ0n) is 8.41. The van der Waals surface area contributed by atoms with Crippen LogP contribution in [0.4, 0.5) is 5.69 Å². The largest absolute Gasteiger partial charge is 0.333 e. The Balaban J connectivity index is 2.86. The van der Waals surface area contributed by atoms with E-state index in [9.17, 15) is 18.5 Å². The first-order valence-corrected chi connectivity index (χ1v) is 5.68. The first-order valence-electron chi connectivity index (χ1n) is 4.20. The number of rotatable bonds is 4. The van der Waals surface area contributed by atoms with Gasteiger partial charge in [0.25, 0.3) is 5.69 Å². The van der Waals surface area contributed by atoms with Crippen LogP contribution in [0.3, 0.4) is 0 Å². The van der Waals surface area contributed by atoms with Crippen LogP contribution >= 0.6 is 0 Å². The number of nitro groups is 1. The SMILES string of the molecule is Cc1cc(COS(N)(=O)=O)ccc1[N+](=O)[O-]. The molecule has 1 rings (SSSR count). The van der Waals surface area contributed by atoms with Crippen LogP contribution in [-0.4, -0.2) is 13.3 Å². The van der Waals surface area contributed by atoms with E-state index in [1.54, 1.807) is 6.92 Å². The highest BCUT2D eigenvalue weighted by molar-refractivity contribution is 7.84. The van der Waals surface area contributed by atoms with Gasteiger partial charge in [-0.1, -0.05) is 0 Å². The van der Waals surface area contributed by atoms with Crippen LogP contribution in [0.15, 0.2) is 18.2 Å². The number of nitro benzene ring substituents is 1. The van der Waals surface area contributed by atoms with Crippen LogP contribution in [0.5, 0.6) is 0 Å². The third-order valence-electron chi connectivity index (χ3n) is 1.85. The second kappa shape index (κ2) is 4.56. The Morgan fingerprint density at radius 1 is 1.50 bits per heavy atom. The van der Waals surface area contributed by atoms with E-state index in [-0.39, 0.29) is 12.3 Å². The summed E-state index contributed by atoms with van der Waals surface area (Å²) in [6.07, 6.45) is 0.